The molecule has 0 bridgehead atoms. The Labute approximate surface area is 189 Å². The van der Waals surface area contributed by atoms with Gasteiger partial charge in [-0.3, -0.25) is 14.7 Å². The van der Waals surface area contributed by atoms with Crippen LogP contribution < -0.4 is 10.5 Å². The van der Waals surface area contributed by atoms with E-state index in [0.717, 1.165) is 55.3 Å². The van der Waals surface area contributed by atoms with Crippen molar-refractivity contribution in [1.29, 1.82) is 0 Å². The molecule has 0 spiro atoms. The first-order valence-electron chi connectivity index (χ1n) is 11.0. The van der Waals surface area contributed by atoms with Gasteiger partial charge in [-0.15, -0.1) is 0 Å². The molecule has 4 rings (SSSR count). The van der Waals surface area contributed by atoms with Gasteiger partial charge in [0.15, 0.2) is 0 Å². The summed E-state index contributed by atoms with van der Waals surface area (Å²) in [6.45, 7) is 5.09. The van der Waals surface area contributed by atoms with Crippen LogP contribution in [0.25, 0.3) is 11.1 Å². The molecule has 6 nitrogen and oxygen atoms in total. The molecule has 1 aliphatic rings. The third-order valence-electron chi connectivity index (χ3n) is 5.74. The number of ether oxygens (including phenoxy) is 2. The molecule has 1 amide bonds. The molecule has 1 aliphatic heterocycles. The second-order valence-corrected chi connectivity index (χ2v) is 7.94. The number of carbonyl (C=O) groups excluding carboxylic acids is 1. The zero-order chi connectivity index (χ0) is 22.2. The van der Waals surface area contributed by atoms with Crippen LogP contribution in [0.3, 0.4) is 0 Å². The summed E-state index contributed by atoms with van der Waals surface area (Å²) in [4.78, 5) is 18.9. The van der Waals surface area contributed by atoms with Gasteiger partial charge in [-0.1, -0.05) is 48.5 Å². The van der Waals surface area contributed by atoms with Gasteiger partial charge < -0.3 is 15.2 Å². The van der Waals surface area contributed by atoms with Crippen LogP contribution in [0.4, 0.5) is 0 Å². The molecule has 1 atom stereocenters. The van der Waals surface area contributed by atoms with Crippen LogP contribution in [-0.4, -0.2) is 55.2 Å². The van der Waals surface area contributed by atoms with Crippen molar-refractivity contribution in [3.8, 4) is 16.9 Å². The molecule has 1 aromatic heterocycles. The number of nitrogens with zero attached hydrogens (tertiary/aromatic N) is 2. The molecule has 32 heavy (non-hydrogen) atoms. The smallest absolute Gasteiger partial charge is 0.226 e. The van der Waals surface area contributed by atoms with Gasteiger partial charge in [0.1, 0.15) is 12.4 Å². The number of carbonyl (C=O) groups is 1. The van der Waals surface area contributed by atoms with Gasteiger partial charge in [-0.2, -0.15) is 0 Å². The Hall–Kier alpha value is -3.22. The minimum Gasteiger partial charge on any atom is -0.492 e. The number of hydrogen-bond donors (Lipinski definition) is 1. The van der Waals surface area contributed by atoms with Gasteiger partial charge in [0, 0.05) is 31.4 Å². The Morgan fingerprint density at radius 2 is 1.72 bits per heavy atom. The molecule has 1 unspecified atom stereocenters. The van der Waals surface area contributed by atoms with Crippen molar-refractivity contribution in [2.24, 2.45) is 5.73 Å². The zero-order valence-corrected chi connectivity index (χ0v) is 18.2. The number of morpholine rings is 1. The first-order valence-corrected chi connectivity index (χ1v) is 11.0. The van der Waals surface area contributed by atoms with Gasteiger partial charge >= 0.3 is 0 Å². The lowest BCUT2D eigenvalue weighted by molar-refractivity contribution is -0.119. The summed E-state index contributed by atoms with van der Waals surface area (Å²) in [6.07, 6.45) is 2.34. The number of nitrogens with two attached hydrogens (primary N) is 1. The Morgan fingerprint density at radius 1 is 1.00 bits per heavy atom. The number of pyridine rings is 1. The summed E-state index contributed by atoms with van der Waals surface area (Å²) < 4.78 is 11.3. The van der Waals surface area contributed by atoms with E-state index in [0.29, 0.717) is 18.7 Å². The summed E-state index contributed by atoms with van der Waals surface area (Å²) in [5, 5.41) is 0. The minimum absolute atomic E-state index is 0.368. The average molecular weight is 432 g/mol. The predicted octanol–water partition coefficient (Wildman–Crippen LogP) is 3.27. The Kier molecular flexibility index (Phi) is 7.48. The molecule has 3 aromatic rings. The third kappa shape index (κ3) is 5.93. The second-order valence-electron chi connectivity index (χ2n) is 7.94. The van der Waals surface area contributed by atoms with Crippen LogP contribution in [0, 0.1) is 0 Å². The van der Waals surface area contributed by atoms with E-state index in [9.17, 15) is 4.79 Å². The van der Waals surface area contributed by atoms with E-state index in [1.807, 2.05) is 66.7 Å². The predicted molar refractivity (Wildman–Crippen MR) is 125 cm³/mol. The zero-order valence-electron chi connectivity index (χ0n) is 18.2. The second kappa shape index (κ2) is 10.9. The van der Waals surface area contributed by atoms with Crippen molar-refractivity contribution >= 4 is 5.91 Å². The van der Waals surface area contributed by atoms with Crippen LogP contribution in [0.5, 0.6) is 5.75 Å². The molecule has 2 heterocycles. The van der Waals surface area contributed by atoms with E-state index in [-0.39, 0.29) is 5.91 Å². The van der Waals surface area contributed by atoms with Crippen LogP contribution in [0.1, 0.15) is 17.2 Å². The summed E-state index contributed by atoms with van der Waals surface area (Å²) in [6, 6.07) is 21.7. The molecule has 0 aliphatic carbocycles. The monoisotopic (exact) mass is 431 g/mol. The molecule has 1 fully saturated rings. The number of amides is 1. The molecule has 0 saturated carbocycles. The lowest BCUT2D eigenvalue weighted by Gasteiger charge is -2.26. The Bertz CT molecular complexity index is 985. The number of aromatic nitrogens is 1. The molecular weight excluding hydrogens is 402 g/mol. The summed E-state index contributed by atoms with van der Waals surface area (Å²) >= 11 is 0. The fourth-order valence-electron chi connectivity index (χ4n) is 3.84. The van der Waals surface area contributed by atoms with Crippen molar-refractivity contribution in [2.75, 3.05) is 39.5 Å². The van der Waals surface area contributed by atoms with Gasteiger partial charge in [0.2, 0.25) is 5.91 Å². The number of hydrogen-bond acceptors (Lipinski definition) is 5. The molecule has 166 valence electrons. The van der Waals surface area contributed by atoms with Gasteiger partial charge in [0.25, 0.3) is 0 Å². The highest BCUT2D eigenvalue weighted by Crippen LogP contribution is 2.25. The van der Waals surface area contributed by atoms with E-state index in [2.05, 4.69) is 9.88 Å². The number of primary amides is 1. The molecule has 2 N–H and O–H groups in total. The van der Waals surface area contributed by atoms with Crippen LogP contribution in [0.2, 0.25) is 0 Å². The quantitative estimate of drug-likeness (QED) is 0.563. The molecule has 2 aromatic carbocycles. The standard InChI is InChI=1S/C26H29N3O3/c27-26(30)24(18-20-4-2-1-3-5-20)25-11-8-22(19-28-25)21-6-9-23(10-7-21)32-17-14-29-12-15-31-16-13-29/h1-11,19,24H,12-18H2,(H2,27,30). The fourth-order valence-corrected chi connectivity index (χ4v) is 3.84. The fraction of sp³-hybridized carbons (Fsp3) is 0.308. The average Bonchev–Trinajstić information content (AvgIpc) is 2.84. The van der Waals surface area contributed by atoms with E-state index >= 15 is 0 Å². The van der Waals surface area contributed by atoms with E-state index in [4.69, 9.17) is 15.2 Å². The first-order chi connectivity index (χ1) is 15.7. The first kappa shape index (κ1) is 22.0. The maximum atomic E-state index is 12.0. The van der Waals surface area contributed by atoms with Crippen molar-refractivity contribution in [3.63, 3.8) is 0 Å². The van der Waals surface area contributed by atoms with Crippen molar-refractivity contribution in [3.05, 3.63) is 84.2 Å². The highest BCUT2D eigenvalue weighted by Gasteiger charge is 2.20. The minimum atomic E-state index is -0.450. The van der Waals surface area contributed by atoms with Crippen molar-refractivity contribution < 1.29 is 14.3 Å². The van der Waals surface area contributed by atoms with Crippen LogP contribution >= 0.6 is 0 Å². The largest absolute Gasteiger partial charge is 0.492 e. The third-order valence-corrected chi connectivity index (χ3v) is 5.74. The van der Waals surface area contributed by atoms with Gasteiger partial charge in [-0.05, 0) is 35.7 Å². The SMILES string of the molecule is NC(=O)C(Cc1ccccc1)c1ccc(-c2ccc(OCCN3CCOCC3)cc2)cn1. The van der Waals surface area contributed by atoms with E-state index in [1.54, 1.807) is 6.20 Å². The maximum Gasteiger partial charge on any atom is 0.226 e. The summed E-state index contributed by atoms with van der Waals surface area (Å²) in [7, 11) is 0. The lowest BCUT2D eigenvalue weighted by Crippen LogP contribution is -2.38. The highest BCUT2D eigenvalue weighted by atomic mass is 16.5. The van der Waals surface area contributed by atoms with Crippen LogP contribution in [0.15, 0.2) is 72.9 Å². The molecular formula is C26H29N3O3. The number of benzene rings is 2. The highest BCUT2D eigenvalue weighted by molar-refractivity contribution is 5.82. The molecule has 0 radical (unpaired) electrons. The van der Waals surface area contributed by atoms with Crippen molar-refractivity contribution in [1.82, 2.24) is 9.88 Å². The Balaban J connectivity index is 1.36. The van der Waals surface area contributed by atoms with Gasteiger partial charge in [0.05, 0.1) is 24.8 Å². The topological polar surface area (TPSA) is 77.7 Å². The normalized spacial score (nSPS) is 15.2. The Morgan fingerprint density at radius 3 is 2.38 bits per heavy atom. The van der Waals surface area contributed by atoms with Crippen molar-refractivity contribution in [2.45, 2.75) is 12.3 Å². The van der Waals surface area contributed by atoms with E-state index < -0.39 is 5.92 Å². The van der Waals surface area contributed by atoms with Gasteiger partial charge in [-0.25, -0.2) is 0 Å². The summed E-state index contributed by atoms with van der Waals surface area (Å²) in [5.41, 5.74) is 9.45. The molecule has 6 heteroatoms. The molecule has 1 saturated heterocycles. The number of rotatable bonds is 9. The summed E-state index contributed by atoms with van der Waals surface area (Å²) in [5.74, 6) is 0.0321. The van der Waals surface area contributed by atoms with E-state index in [1.165, 1.54) is 0 Å². The maximum absolute atomic E-state index is 12.0. The lowest BCUT2D eigenvalue weighted by atomic mass is 9.94. The van der Waals surface area contributed by atoms with Crippen LogP contribution in [-0.2, 0) is 16.0 Å².